The summed E-state index contributed by atoms with van der Waals surface area (Å²) in [5, 5.41) is 5.25. The van der Waals surface area contributed by atoms with Crippen molar-refractivity contribution in [3.05, 3.63) is 29.3 Å². The van der Waals surface area contributed by atoms with E-state index in [2.05, 4.69) is 10.6 Å². The number of para-hydroxylation sites is 1. The van der Waals surface area contributed by atoms with Crippen LogP contribution in [0.15, 0.2) is 18.2 Å². The van der Waals surface area contributed by atoms with Crippen molar-refractivity contribution in [3.8, 4) is 5.75 Å². The molecule has 20 heavy (non-hydrogen) atoms. The van der Waals surface area contributed by atoms with Crippen LogP contribution in [0.2, 0.25) is 0 Å². The van der Waals surface area contributed by atoms with Gasteiger partial charge < -0.3 is 15.4 Å². The molecule has 0 aliphatic rings. The third-order valence-electron chi connectivity index (χ3n) is 2.88. The lowest BCUT2D eigenvalue weighted by Gasteiger charge is -2.15. The van der Waals surface area contributed by atoms with Gasteiger partial charge in [0, 0.05) is 6.54 Å². The first-order chi connectivity index (χ1) is 9.45. The fourth-order valence-electron chi connectivity index (χ4n) is 1.84. The Balaban J connectivity index is 2.50. The van der Waals surface area contributed by atoms with Crippen LogP contribution in [0, 0.1) is 13.8 Å². The molecular weight excluding hydrogens is 256 g/mol. The van der Waals surface area contributed by atoms with Gasteiger partial charge in [0.25, 0.3) is 5.91 Å². The summed E-state index contributed by atoms with van der Waals surface area (Å²) in [6, 6.07) is 5.23. The first-order valence-electron chi connectivity index (χ1n) is 6.71. The van der Waals surface area contributed by atoms with Crippen LogP contribution in [0.1, 0.15) is 25.0 Å². The van der Waals surface area contributed by atoms with Gasteiger partial charge in [-0.15, -0.1) is 0 Å². The Kier molecular flexibility index (Phi) is 6.03. The molecule has 0 saturated heterocycles. The number of carbonyl (C=O) groups is 2. The lowest BCUT2D eigenvalue weighted by Crippen LogP contribution is -2.46. The van der Waals surface area contributed by atoms with Gasteiger partial charge in [-0.05, 0) is 38.8 Å². The molecule has 0 unspecified atom stereocenters. The predicted molar refractivity (Wildman–Crippen MR) is 77.7 cm³/mol. The molecule has 5 heteroatoms. The van der Waals surface area contributed by atoms with Crippen molar-refractivity contribution in [3.63, 3.8) is 0 Å². The first kappa shape index (κ1) is 16.0. The highest BCUT2D eigenvalue weighted by molar-refractivity contribution is 5.87. The second-order valence-corrected chi connectivity index (χ2v) is 4.69. The molecule has 1 aromatic rings. The lowest BCUT2D eigenvalue weighted by atomic mass is 10.1. The Morgan fingerprint density at radius 1 is 1.25 bits per heavy atom. The molecule has 0 bridgehead atoms. The van der Waals surface area contributed by atoms with E-state index < -0.39 is 6.04 Å². The number of ether oxygens (including phenoxy) is 1. The van der Waals surface area contributed by atoms with Crippen LogP contribution in [-0.4, -0.2) is 31.0 Å². The van der Waals surface area contributed by atoms with Crippen molar-refractivity contribution in [2.45, 2.75) is 33.7 Å². The molecule has 0 spiro atoms. The SMILES string of the molecule is CCNC(=O)[C@@H](C)NC(=O)COc1c(C)cccc1C. The van der Waals surface area contributed by atoms with Crippen LogP contribution >= 0.6 is 0 Å². The van der Waals surface area contributed by atoms with E-state index in [0.29, 0.717) is 12.3 Å². The quantitative estimate of drug-likeness (QED) is 0.824. The van der Waals surface area contributed by atoms with E-state index in [9.17, 15) is 9.59 Å². The predicted octanol–water partition coefficient (Wildman–Crippen LogP) is 1.32. The number of likely N-dealkylation sites (N-methyl/N-ethyl adjacent to an activating group) is 1. The van der Waals surface area contributed by atoms with Gasteiger partial charge in [-0.25, -0.2) is 0 Å². The Bertz CT molecular complexity index is 466. The normalized spacial score (nSPS) is 11.6. The smallest absolute Gasteiger partial charge is 0.258 e. The van der Waals surface area contributed by atoms with Crippen LogP contribution in [-0.2, 0) is 9.59 Å². The summed E-state index contributed by atoms with van der Waals surface area (Å²) in [6.45, 7) is 7.76. The van der Waals surface area contributed by atoms with Crippen LogP contribution in [0.3, 0.4) is 0 Å². The largest absolute Gasteiger partial charge is 0.483 e. The number of benzene rings is 1. The summed E-state index contributed by atoms with van der Waals surface area (Å²) in [7, 11) is 0. The van der Waals surface area contributed by atoms with Gasteiger partial charge >= 0.3 is 0 Å². The molecule has 5 nitrogen and oxygen atoms in total. The van der Waals surface area contributed by atoms with E-state index in [-0.39, 0.29) is 18.4 Å². The van der Waals surface area contributed by atoms with Crippen molar-refractivity contribution in [1.82, 2.24) is 10.6 Å². The number of hydrogen-bond acceptors (Lipinski definition) is 3. The Morgan fingerprint density at radius 2 is 1.85 bits per heavy atom. The van der Waals surface area contributed by atoms with Crippen LogP contribution < -0.4 is 15.4 Å². The van der Waals surface area contributed by atoms with E-state index in [1.165, 1.54) is 0 Å². The van der Waals surface area contributed by atoms with Crippen molar-refractivity contribution in [2.75, 3.05) is 13.2 Å². The van der Waals surface area contributed by atoms with Gasteiger partial charge in [0.1, 0.15) is 11.8 Å². The molecule has 2 amide bonds. The maximum Gasteiger partial charge on any atom is 0.258 e. The molecule has 0 fully saturated rings. The molecule has 0 heterocycles. The van der Waals surface area contributed by atoms with Gasteiger partial charge in [-0.3, -0.25) is 9.59 Å². The van der Waals surface area contributed by atoms with Gasteiger partial charge in [0.15, 0.2) is 6.61 Å². The number of nitrogens with one attached hydrogen (secondary N) is 2. The molecule has 0 aromatic heterocycles. The van der Waals surface area contributed by atoms with Crippen molar-refractivity contribution < 1.29 is 14.3 Å². The summed E-state index contributed by atoms with van der Waals surface area (Å²) in [6.07, 6.45) is 0. The minimum atomic E-state index is -0.566. The number of rotatable bonds is 6. The Hall–Kier alpha value is -2.04. The number of aryl methyl sites for hydroxylation is 2. The minimum absolute atomic E-state index is 0.102. The summed E-state index contributed by atoms with van der Waals surface area (Å²) in [5.41, 5.74) is 1.96. The molecule has 1 aromatic carbocycles. The zero-order chi connectivity index (χ0) is 15.1. The second kappa shape index (κ2) is 7.53. The third kappa shape index (κ3) is 4.57. The fourth-order valence-corrected chi connectivity index (χ4v) is 1.84. The first-order valence-corrected chi connectivity index (χ1v) is 6.71. The number of carbonyl (C=O) groups excluding carboxylic acids is 2. The zero-order valence-corrected chi connectivity index (χ0v) is 12.4. The lowest BCUT2D eigenvalue weighted by molar-refractivity contribution is -0.129. The summed E-state index contributed by atoms with van der Waals surface area (Å²) < 4.78 is 5.53. The number of amides is 2. The van der Waals surface area contributed by atoms with E-state index in [4.69, 9.17) is 4.74 Å². The monoisotopic (exact) mass is 278 g/mol. The fraction of sp³-hybridized carbons (Fsp3) is 0.467. The maximum atomic E-state index is 11.7. The van der Waals surface area contributed by atoms with Gasteiger partial charge in [-0.1, -0.05) is 18.2 Å². The summed E-state index contributed by atoms with van der Waals surface area (Å²) >= 11 is 0. The average Bonchev–Trinajstić information content (AvgIpc) is 2.38. The molecule has 0 aliphatic heterocycles. The van der Waals surface area contributed by atoms with Crippen molar-refractivity contribution >= 4 is 11.8 Å². The molecule has 0 radical (unpaired) electrons. The van der Waals surface area contributed by atoms with E-state index in [1.807, 2.05) is 39.0 Å². The molecule has 110 valence electrons. The molecule has 1 rings (SSSR count). The topological polar surface area (TPSA) is 67.4 Å². The van der Waals surface area contributed by atoms with Gasteiger partial charge in [-0.2, -0.15) is 0 Å². The van der Waals surface area contributed by atoms with Crippen molar-refractivity contribution in [2.24, 2.45) is 0 Å². The molecule has 0 aliphatic carbocycles. The molecule has 1 atom stereocenters. The average molecular weight is 278 g/mol. The van der Waals surface area contributed by atoms with Crippen LogP contribution in [0.5, 0.6) is 5.75 Å². The minimum Gasteiger partial charge on any atom is -0.483 e. The molecular formula is C15H22N2O3. The maximum absolute atomic E-state index is 11.7. The van der Waals surface area contributed by atoms with Crippen molar-refractivity contribution in [1.29, 1.82) is 0 Å². The number of hydrogen-bond donors (Lipinski definition) is 2. The van der Waals surface area contributed by atoms with Crippen LogP contribution in [0.4, 0.5) is 0 Å². The van der Waals surface area contributed by atoms with Gasteiger partial charge in [0.2, 0.25) is 5.91 Å². The van der Waals surface area contributed by atoms with E-state index in [1.54, 1.807) is 6.92 Å². The standard InChI is InChI=1S/C15H22N2O3/c1-5-16-15(19)12(4)17-13(18)9-20-14-10(2)7-6-8-11(14)3/h6-8,12H,5,9H2,1-4H3,(H,16,19)(H,17,18)/t12-/m1/s1. The van der Waals surface area contributed by atoms with Crippen LogP contribution in [0.25, 0.3) is 0 Å². The van der Waals surface area contributed by atoms with E-state index >= 15 is 0 Å². The van der Waals surface area contributed by atoms with E-state index in [0.717, 1.165) is 11.1 Å². The molecule has 0 saturated carbocycles. The molecule has 2 N–H and O–H groups in total. The Labute approximate surface area is 119 Å². The summed E-state index contributed by atoms with van der Waals surface area (Å²) in [5.74, 6) is 0.202. The highest BCUT2D eigenvalue weighted by Gasteiger charge is 2.15. The summed E-state index contributed by atoms with van der Waals surface area (Å²) in [4.78, 5) is 23.2. The Morgan fingerprint density at radius 3 is 2.40 bits per heavy atom. The third-order valence-corrected chi connectivity index (χ3v) is 2.88. The second-order valence-electron chi connectivity index (χ2n) is 4.69. The van der Waals surface area contributed by atoms with Gasteiger partial charge in [0.05, 0.1) is 0 Å². The zero-order valence-electron chi connectivity index (χ0n) is 12.4. The highest BCUT2D eigenvalue weighted by Crippen LogP contribution is 2.21. The highest BCUT2D eigenvalue weighted by atomic mass is 16.5.